The molecule has 1 unspecified atom stereocenters. The Kier molecular flexibility index (Phi) is 4.31. The van der Waals surface area contributed by atoms with Gasteiger partial charge in [-0.1, -0.05) is 0 Å². The molecule has 0 saturated carbocycles. The smallest absolute Gasteiger partial charge is 0.253 e. The van der Waals surface area contributed by atoms with Crippen molar-refractivity contribution in [1.29, 1.82) is 0 Å². The first-order chi connectivity index (χ1) is 10.2. The van der Waals surface area contributed by atoms with E-state index in [0.29, 0.717) is 19.1 Å². The SMILES string of the molecule is CN1CCN(C(=O)C2CN(c3ncccn3)CCO2)CC1. The molecule has 3 rings (SSSR count). The standard InChI is InChI=1S/C14H21N5O2/c1-17-5-7-18(8-6-17)13(20)12-11-19(9-10-21-12)14-15-3-2-4-16-14/h2-4,12H,5-11H2,1H3. The lowest BCUT2D eigenvalue weighted by molar-refractivity contribution is -0.146. The van der Waals surface area contributed by atoms with E-state index in [1.165, 1.54) is 0 Å². The van der Waals surface area contributed by atoms with Crippen LogP contribution in [0.25, 0.3) is 0 Å². The number of rotatable bonds is 2. The predicted octanol–water partition coefficient (Wildman–Crippen LogP) is -0.544. The fourth-order valence-electron chi connectivity index (χ4n) is 2.67. The van der Waals surface area contributed by atoms with E-state index >= 15 is 0 Å². The quantitative estimate of drug-likeness (QED) is 0.729. The van der Waals surface area contributed by atoms with E-state index in [-0.39, 0.29) is 5.91 Å². The average molecular weight is 291 g/mol. The Hall–Kier alpha value is -1.73. The third-order valence-electron chi connectivity index (χ3n) is 3.99. The van der Waals surface area contributed by atoms with Crippen molar-refractivity contribution in [2.24, 2.45) is 0 Å². The van der Waals surface area contributed by atoms with Gasteiger partial charge in [-0.25, -0.2) is 9.97 Å². The molecule has 3 heterocycles. The molecule has 7 heteroatoms. The minimum Gasteiger partial charge on any atom is -0.365 e. The van der Waals surface area contributed by atoms with Gasteiger partial charge < -0.3 is 19.4 Å². The van der Waals surface area contributed by atoms with Gasteiger partial charge in [-0.15, -0.1) is 0 Å². The second-order valence-electron chi connectivity index (χ2n) is 5.48. The number of aromatic nitrogens is 2. The Labute approximate surface area is 124 Å². The van der Waals surface area contributed by atoms with Crippen LogP contribution in [0.1, 0.15) is 0 Å². The van der Waals surface area contributed by atoms with Crippen LogP contribution in [0.5, 0.6) is 0 Å². The van der Waals surface area contributed by atoms with Crippen molar-refractivity contribution in [2.75, 3.05) is 57.8 Å². The molecule has 1 aromatic heterocycles. The fourth-order valence-corrected chi connectivity index (χ4v) is 2.67. The monoisotopic (exact) mass is 291 g/mol. The van der Waals surface area contributed by atoms with E-state index in [0.717, 1.165) is 32.7 Å². The number of carbonyl (C=O) groups excluding carboxylic acids is 1. The maximum Gasteiger partial charge on any atom is 0.253 e. The number of piperazine rings is 1. The number of hydrogen-bond donors (Lipinski definition) is 0. The van der Waals surface area contributed by atoms with Crippen molar-refractivity contribution in [2.45, 2.75) is 6.10 Å². The molecule has 1 amide bonds. The van der Waals surface area contributed by atoms with Gasteiger partial charge in [-0.2, -0.15) is 0 Å². The highest BCUT2D eigenvalue weighted by Gasteiger charge is 2.32. The van der Waals surface area contributed by atoms with E-state index < -0.39 is 6.10 Å². The lowest BCUT2D eigenvalue weighted by Crippen LogP contribution is -2.55. The van der Waals surface area contributed by atoms with Crippen LogP contribution in [0, 0.1) is 0 Å². The van der Waals surface area contributed by atoms with Crippen LogP contribution in [0.15, 0.2) is 18.5 Å². The maximum absolute atomic E-state index is 12.6. The summed E-state index contributed by atoms with van der Waals surface area (Å²) < 4.78 is 5.67. The first kappa shape index (κ1) is 14.2. The number of nitrogens with zero attached hydrogens (tertiary/aromatic N) is 5. The van der Waals surface area contributed by atoms with Crippen molar-refractivity contribution in [3.8, 4) is 0 Å². The lowest BCUT2D eigenvalue weighted by Gasteiger charge is -2.37. The summed E-state index contributed by atoms with van der Waals surface area (Å²) in [5.74, 6) is 0.751. The van der Waals surface area contributed by atoms with E-state index in [2.05, 4.69) is 21.9 Å². The number of anilines is 1. The van der Waals surface area contributed by atoms with Crippen LogP contribution < -0.4 is 4.90 Å². The maximum atomic E-state index is 12.6. The summed E-state index contributed by atoms with van der Waals surface area (Å²) >= 11 is 0. The molecule has 1 atom stereocenters. The summed E-state index contributed by atoms with van der Waals surface area (Å²) in [7, 11) is 2.08. The predicted molar refractivity (Wildman–Crippen MR) is 78.1 cm³/mol. The molecule has 2 aliphatic rings. The van der Waals surface area contributed by atoms with Crippen LogP contribution in [-0.2, 0) is 9.53 Å². The Morgan fingerprint density at radius 3 is 2.62 bits per heavy atom. The lowest BCUT2D eigenvalue weighted by atomic mass is 10.2. The molecule has 7 nitrogen and oxygen atoms in total. The highest BCUT2D eigenvalue weighted by molar-refractivity contribution is 5.82. The molecular weight excluding hydrogens is 270 g/mol. The molecule has 0 radical (unpaired) electrons. The molecule has 2 aliphatic heterocycles. The number of ether oxygens (including phenoxy) is 1. The van der Waals surface area contributed by atoms with E-state index in [4.69, 9.17) is 4.74 Å². The van der Waals surface area contributed by atoms with Gasteiger partial charge in [-0.05, 0) is 13.1 Å². The number of hydrogen-bond acceptors (Lipinski definition) is 6. The van der Waals surface area contributed by atoms with Crippen molar-refractivity contribution in [3.05, 3.63) is 18.5 Å². The number of morpholine rings is 1. The first-order valence-electron chi connectivity index (χ1n) is 7.35. The molecule has 0 N–H and O–H groups in total. The van der Waals surface area contributed by atoms with Crippen molar-refractivity contribution in [3.63, 3.8) is 0 Å². The summed E-state index contributed by atoms with van der Waals surface area (Å²) in [5, 5.41) is 0. The van der Waals surface area contributed by atoms with Gasteiger partial charge in [0.1, 0.15) is 0 Å². The first-order valence-corrected chi connectivity index (χ1v) is 7.35. The summed E-state index contributed by atoms with van der Waals surface area (Å²) in [6, 6.07) is 1.79. The fraction of sp³-hybridized carbons (Fsp3) is 0.643. The molecule has 21 heavy (non-hydrogen) atoms. The van der Waals surface area contributed by atoms with Crippen molar-refractivity contribution >= 4 is 11.9 Å². The average Bonchev–Trinajstić information content (AvgIpc) is 2.56. The summed E-state index contributed by atoms with van der Waals surface area (Å²) in [4.78, 5) is 27.2. The molecule has 0 bridgehead atoms. The zero-order chi connectivity index (χ0) is 14.7. The second kappa shape index (κ2) is 6.36. The van der Waals surface area contributed by atoms with Crippen LogP contribution in [-0.4, -0.2) is 84.7 Å². The van der Waals surface area contributed by atoms with Crippen molar-refractivity contribution in [1.82, 2.24) is 19.8 Å². The van der Waals surface area contributed by atoms with Crippen LogP contribution in [0.3, 0.4) is 0 Å². The molecule has 114 valence electrons. The molecule has 0 aromatic carbocycles. The largest absolute Gasteiger partial charge is 0.365 e. The molecule has 2 saturated heterocycles. The Morgan fingerprint density at radius 2 is 1.90 bits per heavy atom. The Bertz CT molecular complexity index is 476. The van der Waals surface area contributed by atoms with Crippen molar-refractivity contribution < 1.29 is 9.53 Å². The van der Waals surface area contributed by atoms with Gasteiger partial charge in [-0.3, -0.25) is 4.79 Å². The minimum atomic E-state index is -0.411. The van der Waals surface area contributed by atoms with Gasteiger partial charge in [0.15, 0.2) is 6.10 Å². The van der Waals surface area contributed by atoms with E-state index in [1.807, 2.05) is 9.80 Å². The molecule has 0 aliphatic carbocycles. The highest BCUT2D eigenvalue weighted by atomic mass is 16.5. The summed E-state index contributed by atoms with van der Waals surface area (Å²) in [6.07, 6.45) is 3.02. The Balaban J connectivity index is 1.62. The van der Waals surface area contributed by atoms with E-state index in [1.54, 1.807) is 18.5 Å². The van der Waals surface area contributed by atoms with Crippen LogP contribution in [0.2, 0.25) is 0 Å². The van der Waals surface area contributed by atoms with Gasteiger partial charge in [0.25, 0.3) is 5.91 Å². The topological polar surface area (TPSA) is 61.8 Å². The number of amides is 1. The Morgan fingerprint density at radius 1 is 1.19 bits per heavy atom. The van der Waals surface area contributed by atoms with Crippen LogP contribution in [0.4, 0.5) is 5.95 Å². The third kappa shape index (κ3) is 3.30. The van der Waals surface area contributed by atoms with Gasteiger partial charge in [0, 0.05) is 45.1 Å². The van der Waals surface area contributed by atoms with Gasteiger partial charge in [0.2, 0.25) is 5.95 Å². The molecule has 0 spiro atoms. The molecule has 2 fully saturated rings. The highest BCUT2D eigenvalue weighted by Crippen LogP contribution is 2.14. The van der Waals surface area contributed by atoms with E-state index in [9.17, 15) is 4.79 Å². The second-order valence-corrected chi connectivity index (χ2v) is 5.48. The molecule has 1 aromatic rings. The zero-order valence-electron chi connectivity index (χ0n) is 12.3. The van der Waals surface area contributed by atoms with Gasteiger partial charge in [0.05, 0.1) is 13.2 Å². The van der Waals surface area contributed by atoms with Crippen LogP contribution >= 0.6 is 0 Å². The number of likely N-dealkylation sites (N-methyl/N-ethyl adjacent to an activating group) is 1. The normalized spacial score (nSPS) is 24.1. The summed E-state index contributed by atoms with van der Waals surface area (Å²) in [6.45, 7) is 5.16. The van der Waals surface area contributed by atoms with Gasteiger partial charge >= 0.3 is 0 Å². The minimum absolute atomic E-state index is 0.0868. The number of carbonyl (C=O) groups is 1. The summed E-state index contributed by atoms with van der Waals surface area (Å²) in [5.41, 5.74) is 0. The zero-order valence-corrected chi connectivity index (χ0v) is 12.3. The molecular formula is C14H21N5O2. The third-order valence-corrected chi connectivity index (χ3v) is 3.99.